The Balaban J connectivity index is 1.97. The number of hydrogen-bond donors (Lipinski definition) is 1. The van der Waals surface area contributed by atoms with Crippen LogP contribution in [0.25, 0.3) is 16.7 Å². The molecule has 1 heterocycles. The van der Waals surface area contributed by atoms with Gasteiger partial charge in [-0.3, -0.25) is 9.36 Å². The second-order valence-electron chi connectivity index (χ2n) is 4.76. The van der Waals surface area contributed by atoms with Gasteiger partial charge in [-0.1, -0.05) is 18.2 Å². The Labute approximate surface area is 127 Å². The van der Waals surface area contributed by atoms with E-state index in [9.17, 15) is 4.79 Å². The highest BCUT2D eigenvalue weighted by Crippen LogP contribution is 2.21. The number of halogens is 1. The standard InChI is InChI=1S/C16H14ClN3O/c1-11(17)16(21)19-12-7-8-15-14(9-12)18-10-20(15)13-5-3-2-4-6-13/h2-11H,1H3,(H,19,21). The van der Waals surface area contributed by atoms with E-state index in [1.807, 2.05) is 53.1 Å². The van der Waals surface area contributed by atoms with Crippen molar-refractivity contribution in [1.29, 1.82) is 0 Å². The molecule has 1 atom stereocenters. The van der Waals surface area contributed by atoms with E-state index in [-0.39, 0.29) is 5.91 Å². The number of benzene rings is 2. The van der Waals surface area contributed by atoms with Crippen LogP contribution < -0.4 is 5.32 Å². The van der Waals surface area contributed by atoms with Crippen molar-refractivity contribution in [2.75, 3.05) is 5.32 Å². The number of hydrogen-bond acceptors (Lipinski definition) is 2. The summed E-state index contributed by atoms with van der Waals surface area (Å²) in [5.41, 5.74) is 3.54. The molecule has 0 fully saturated rings. The number of alkyl halides is 1. The minimum atomic E-state index is -0.567. The lowest BCUT2D eigenvalue weighted by Gasteiger charge is -2.07. The van der Waals surface area contributed by atoms with Gasteiger partial charge in [0.2, 0.25) is 5.91 Å². The average molecular weight is 300 g/mol. The number of carbonyl (C=O) groups excluding carboxylic acids is 1. The summed E-state index contributed by atoms with van der Waals surface area (Å²) in [5.74, 6) is -0.224. The summed E-state index contributed by atoms with van der Waals surface area (Å²) in [6.45, 7) is 1.64. The number of rotatable bonds is 3. The van der Waals surface area contributed by atoms with Gasteiger partial charge in [0.25, 0.3) is 0 Å². The number of para-hydroxylation sites is 1. The van der Waals surface area contributed by atoms with Crippen molar-refractivity contribution in [3.8, 4) is 5.69 Å². The second kappa shape index (κ2) is 5.58. The highest BCUT2D eigenvalue weighted by Gasteiger charge is 2.10. The SMILES string of the molecule is CC(Cl)C(=O)Nc1ccc2c(c1)ncn2-c1ccccc1. The van der Waals surface area contributed by atoms with Gasteiger partial charge < -0.3 is 5.32 Å². The quantitative estimate of drug-likeness (QED) is 0.751. The number of amides is 1. The van der Waals surface area contributed by atoms with Crippen LogP contribution in [0.3, 0.4) is 0 Å². The Morgan fingerprint density at radius 2 is 2.00 bits per heavy atom. The molecule has 0 saturated carbocycles. The third-order valence-corrected chi connectivity index (χ3v) is 3.41. The van der Waals surface area contributed by atoms with E-state index in [1.54, 1.807) is 13.3 Å². The maximum absolute atomic E-state index is 11.6. The summed E-state index contributed by atoms with van der Waals surface area (Å²) in [7, 11) is 0. The molecule has 0 aliphatic rings. The predicted octanol–water partition coefficient (Wildman–Crippen LogP) is 3.59. The molecule has 3 rings (SSSR count). The summed E-state index contributed by atoms with van der Waals surface area (Å²) in [4.78, 5) is 16.0. The number of imidazole rings is 1. The van der Waals surface area contributed by atoms with Gasteiger partial charge in [0.1, 0.15) is 11.7 Å². The van der Waals surface area contributed by atoms with Gasteiger partial charge in [-0.05, 0) is 37.3 Å². The van der Waals surface area contributed by atoms with Crippen LogP contribution in [-0.2, 0) is 4.79 Å². The fourth-order valence-electron chi connectivity index (χ4n) is 2.13. The van der Waals surface area contributed by atoms with Crippen molar-refractivity contribution in [1.82, 2.24) is 9.55 Å². The first-order valence-corrected chi connectivity index (χ1v) is 7.06. The average Bonchev–Trinajstić information content (AvgIpc) is 2.91. The van der Waals surface area contributed by atoms with E-state index in [2.05, 4.69) is 10.3 Å². The van der Waals surface area contributed by atoms with Crippen molar-refractivity contribution < 1.29 is 4.79 Å². The fourth-order valence-corrected chi connectivity index (χ4v) is 2.18. The molecule has 0 saturated heterocycles. The van der Waals surface area contributed by atoms with Crippen LogP contribution in [0.1, 0.15) is 6.92 Å². The molecule has 5 heteroatoms. The smallest absolute Gasteiger partial charge is 0.242 e. The summed E-state index contributed by atoms with van der Waals surface area (Å²) in [6, 6.07) is 15.6. The zero-order valence-electron chi connectivity index (χ0n) is 11.5. The first kappa shape index (κ1) is 13.6. The van der Waals surface area contributed by atoms with Crippen molar-refractivity contribution in [2.45, 2.75) is 12.3 Å². The van der Waals surface area contributed by atoms with Crippen molar-refractivity contribution in [3.63, 3.8) is 0 Å². The molecule has 0 aliphatic carbocycles. The molecule has 1 aromatic heterocycles. The van der Waals surface area contributed by atoms with Gasteiger partial charge in [0, 0.05) is 11.4 Å². The Morgan fingerprint density at radius 1 is 1.24 bits per heavy atom. The van der Waals surface area contributed by atoms with Crippen molar-refractivity contribution >= 4 is 34.2 Å². The molecular weight excluding hydrogens is 286 g/mol. The molecule has 0 radical (unpaired) electrons. The lowest BCUT2D eigenvalue weighted by molar-refractivity contribution is -0.115. The van der Waals surface area contributed by atoms with E-state index in [0.717, 1.165) is 16.7 Å². The van der Waals surface area contributed by atoms with Crippen LogP contribution in [0.4, 0.5) is 5.69 Å². The van der Waals surface area contributed by atoms with Crippen LogP contribution in [0.2, 0.25) is 0 Å². The van der Waals surface area contributed by atoms with Gasteiger partial charge in [-0.25, -0.2) is 4.98 Å². The second-order valence-corrected chi connectivity index (χ2v) is 5.41. The zero-order valence-corrected chi connectivity index (χ0v) is 12.2. The number of nitrogens with one attached hydrogen (secondary N) is 1. The zero-order chi connectivity index (χ0) is 14.8. The van der Waals surface area contributed by atoms with E-state index in [1.165, 1.54) is 0 Å². The van der Waals surface area contributed by atoms with Crippen LogP contribution >= 0.6 is 11.6 Å². The maximum atomic E-state index is 11.6. The molecule has 2 aromatic carbocycles. The van der Waals surface area contributed by atoms with Crippen LogP contribution in [0, 0.1) is 0 Å². The van der Waals surface area contributed by atoms with Gasteiger partial charge in [-0.2, -0.15) is 0 Å². The highest BCUT2D eigenvalue weighted by atomic mass is 35.5. The predicted molar refractivity (Wildman–Crippen MR) is 85.0 cm³/mol. The highest BCUT2D eigenvalue weighted by molar-refractivity contribution is 6.32. The number of carbonyl (C=O) groups is 1. The summed E-state index contributed by atoms with van der Waals surface area (Å²) in [5, 5.41) is 2.20. The van der Waals surface area contributed by atoms with Crippen LogP contribution in [-0.4, -0.2) is 20.8 Å². The van der Waals surface area contributed by atoms with Gasteiger partial charge in [0.15, 0.2) is 0 Å². The largest absolute Gasteiger partial charge is 0.325 e. The molecular formula is C16H14ClN3O. The van der Waals surface area contributed by atoms with Crippen LogP contribution in [0.15, 0.2) is 54.9 Å². The molecule has 0 bridgehead atoms. The van der Waals surface area contributed by atoms with E-state index in [0.29, 0.717) is 5.69 Å². The Bertz CT molecular complexity index is 781. The molecule has 0 aliphatic heterocycles. The first-order chi connectivity index (χ1) is 10.1. The van der Waals surface area contributed by atoms with Gasteiger partial charge in [0.05, 0.1) is 11.0 Å². The number of anilines is 1. The third-order valence-electron chi connectivity index (χ3n) is 3.21. The molecule has 3 aromatic rings. The van der Waals surface area contributed by atoms with E-state index >= 15 is 0 Å². The minimum absolute atomic E-state index is 0.224. The Kier molecular flexibility index (Phi) is 3.62. The summed E-state index contributed by atoms with van der Waals surface area (Å²) >= 11 is 5.75. The Hall–Kier alpha value is -2.33. The van der Waals surface area contributed by atoms with Gasteiger partial charge >= 0.3 is 0 Å². The van der Waals surface area contributed by atoms with Gasteiger partial charge in [-0.15, -0.1) is 11.6 Å². The molecule has 21 heavy (non-hydrogen) atoms. The summed E-state index contributed by atoms with van der Waals surface area (Å²) in [6.07, 6.45) is 1.77. The normalized spacial score (nSPS) is 12.3. The number of fused-ring (bicyclic) bond motifs is 1. The molecule has 0 spiro atoms. The number of nitrogens with zero attached hydrogens (tertiary/aromatic N) is 2. The molecule has 106 valence electrons. The molecule has 4 nitrogen and oxygen atoms in total. The minimum Gasteiger partial charge on any atom is -0.325 e. The maximum Gasteiger partial charge on any atom is 0.242 e. The topological polar surface area (TPSA) is 46.9 Å². The lowest BCUT2D eigenvalue weighted by Crippen LogP contribution is -2.20. The molecule has 1 amide bonds. The first-order valence-electron chi connectivity index (χ1n) is 6.62. The van der Waals surface area contributed by atoms with Crippen LogP contribution in [0.5, 0.6) is 0 Å². The molecule has 1 unspecified atom stereocenters. The van der Waals surface area contributed by atoms with Crippen molar-refractivity contribution in [3.05, 3.63) is 54.9 Å². The fraction of sp³-hybridized carbons (Fsp3) is 0.125. The van der Waals surface area contributed by atoms with E-state index < -0.39 is 5.38 Å². The monoisotopic (exact) mass is 299 g/mol. The lowest BCUT2D eigenvalue weighted by atomic mass is 10.2. The third kappa shape index (κ3) is 2.76. The molecule has 1 N–H and O–H groups in total. The Morgan fingerprint density at radius 3 is 2.71 bits per heavy atom. The van der Waals surface area contributed by atoms with Crippen molar-refractivity contribution in [2.24, 2.45) is 0 Å². The summed E-state index contributed by atoms with van der Waals surface area (Å²) < 4.78 is 2.01. The van der Waals surface area contributed by atoms with E-state index in [4.69, 9.17) is 11.6 Å². The number of aromatic nitrogens is 2.